The average Bonchev–Trinajstić information content (AvgIpc) is 2.29. The number of rotatable bonds is 2. The molecule has 0 saturated carbocycles. The Labute approximate surface area is 106 Å². The van der Waals surface area contributed by atoms with Gasteiger partial charge >= 0.3 is 0 Å². The fourth-order valence-electron chi connectivity index (χ4n) is 1.93. The second-order valence-corrected chi connectivity index (χ2v) is 4.63. The molecule has 0 bridgehead atoms. The number of nitrogens with one attached hydrogen (secondary N) is 1. The lowest BCUT2D eigenvalue weighted by molar-refractivity contribution is 0.0945. The van der Waals surface area contributed by atoms with Gasteiger partial charge in [0.05, 0.1) is 22.5 Å². The topological polar surface area (TPSA) is 68.0 Å². The number of amides is 1. The molecule has 2 aromatic rings. The summed E-state index contributed by atoms with van der Waals surface area (Å²) in [7, 11) is 0. The van der Waals surface area contributed by atoms with Crippen LogP contribution in [0, 0.1) is 6.92 Å². The van der Waals surface area contributed by atoms with Crippen LogP contribution in [0.25, 0.3) is 10.9 Å². The van der Waals surface area contributed by atoms with Crippen LogP contribution in [0.3, 0.4) is 0 Å². The van der Waals surface area contributed by atoms with E-state index in [-0.39, 0.29) is 11.9 Å². The fourth-order valence-corrected chi connectivity index (χ4v) is 1.93. The molecule has 0 aliphatic rings. The summed E-state index contributed by atoms with van der Waals surface area (Å²) >= 11 is 0. The molecule has 1 heterocycles. The smallest absolute Gasteiger partial charge is 0.254 e. The number of anilines is 1. The summed E-state index contributed by atoms with van der Waals surface area (Å²) < 4.78 is 0. The van der Waals surface area contributed by atoms with Gasteiger partial charge in [0.25, 0.3) is 5.91 Å². The molecule has 3 N–H and O–H groups in total. The molecule has 0 spiro atoms. The zero-order valence-electron chi connectivity index (χ0n) is 10.8. The third kappa shape index (κ3) is 2.14. The number of nitrogens with two attached hydrogens (primary N) is 1. The van der Waals surface area contributed by atoms with E-state index in [4.69, 9.17) is 5.73 Å². The highest BCUT2D eigenvalue weighted by Gasteiger charge is 2.17. The second kappa shape index (κ2) is 4.64. The Morgan fingerprint density at radius 3 is 2.67 bits per heavy atom. The predicted octanol–water partition coefficient (Wildman–Crippen LogP) is 2.26. The third-order valence-electron chi connectivity index (χ3n) is 2.77. The lowest BCUT2D eigenvalue weighted by Crippen LogP contribution is -2.31. The number of carbonyl (C=O) groups is 1. The molecular weight excluding hydrogens is 226 g/mol. The van der Waals surface area contributed by atoms with Crippen molar-refractivity contribution in [2.24, 2.45) is 0 Å². The summed E-state index contributed by atoms with van der Waals surface area (Å²) in [5.74, 6) is -0.149. The van der Waals surface area contributed by atoms with E-state index < -0.39 is 0 Å². The Morgan fingerprint density at radius 1 is 1.33 bits per heavy atom. The van der Waals surface area contributed by atoms with Crippen molar-refractivity contribution in [1.82, 2.24) is 10.3 Å². The van der Waals surface area contributed by atoms with E-state index in [1.807, 2.05) is 45.0 Å². The summed E-state index contributed by atoms with van der Waals surface area (Å²) in [5, 5.41) is 3.66. The quantitative estimate of drug-likeness (QED) is 0.850. The van der Waals surface area contributed by atoms with Crippen molar-refractivity contribution >= 4 is 22.5 Å². The Balaban J connectivity index is 2.67. The molecule has 0 radical (unpaired) electrons. The Hall–Kier alpha value is -2.10. The standard InChI is InChI=1S/C14H17N3O/c1-8(2)16-14(18)12-10-6-4-5-7-11(10)17-9(3)13(12)15/h4-8H,15H2,1-3H3,(H,16,18). The van der Waals surface area contributed by atoms with Gasteiger partial charge in [0.2, 0.25) is 0 Å². The molecule has 0 saturated heterocycles. The van der Waals surface area contributed by atoms with Crippen molar-refractivity contribution in [3.05, 3.63) is 35.5 Å². The normalized spacial score (nSPS) is 10.9. The van der Waals surface area contributed by atoms with Gasteiger partial charge in [0.15, 0.2) is 0 Å². The van der Waals surface area contributed by atoms with Crippen molar-refractivity contribution < 1.29 is 4.79 Å². The summed E-state index contributed by atoms with van der Waals surface area (Å²) in [6.45, 7) is 5.66. The SMILES string of the molecule is Cc1nc2ccccc2c(C(=O)NC(C)C)c1N. The van der Waals surface area contributed by atoms with Crippen molar-refractivity contribution in [2.75, 3.05) is 5.73 Å². The molecule has 4 nitrogen and oxygen atoms in total. The van der Waals surface area contributed by atoms with Gasteiger partial charge in [0.1, 0.15) is 0 Å². The van der Waals surface area contributed by atoms with E-state index in [0.717, 1.165) is 10.9 Å². The number of nitrogen functional groups attached to an aromatic ring is 1. The minimum atomic E-state index is -0.149. The number of aromatic nitrogens is 1. The number of fused-ring (bicyclic) bond motifs is 1. The van der Waals surface area contributed by atoms with Crippen molar-refractivity contribution in [3.8, 4) is 0 Å². The number of carbonyl (C=O) groups excluding carboxylic acids is 1. The summed E-state index contributed by atoms with van der Waals surface area (Å²) in [6.07, 6.45) is 0. The highest BCUT2D eigenvalue weighted by atomic mass is 16.1. The maximum atomic E-state index is 12.2. The molecule has 1 aromatic heterocycles. The predicted molar refractivity (Wildman–Crippen MR) is 73.5 cm³/mol. The van der Waals surface area contributed by atoms with Crippen molar-refractivity contribution in [2.45, 2.75) is 26.8 Å². The number of hydrogen-bond donors (Lipinski definition) is 2. The number of para-hydroxylation sites is 1. The first kappa shape index (κ1) is 12.4. The van der Waals surface area contributed by atoms with Crippen LogP contribution in [0.4, 0.5) is 5.69 Å². The molecule has 4 heteroatoms. The molecular formula is C14H17N3O. The highest BCUT2D eigenvalue weighted by molar-refractivity contribution is 6.10. The molecule has 1 aromatic carbocycles. The van der Waals surface area contributed by atoms with E-state index in [9.17, 15) is 4.79 Å². The van der Waals surface area contributed by atoms with E-state index in [0.29, 0.717) is 16.9 Å². The van der Waals surface area contributed by atoms with Crippen LogP contribution in [0.5, 0.6) is 0 Å². The van der Waals surface area contributed by atoms with Crippen LogP contribution in [-0.4, -0.2) is 16.9 Å². The van der Waals surface area contributed by atoms with Gasteiger partial charge in [-0.1, -0.05) is 18.2 Å². The molecule has 0 unspecified atom stereocenters. The van der Waals surface area contributed by atoms with Gasteiger partial charge in [0, 0.05) is 11.4 Å². The first-order chi connectivity index (χ1) is 8.50. The first-order valence-electron chi connectivity index (χ1n) is 5.96. The van der Waals surface area contributed by atoms with Gasteiger partial charge in [-0.25, -0.2) is 0 Å². The van der Waals surface area contributed by atoms with Crippen LogP contribution < -0.4 is 11.1 Å². The van der Waals surface area contributed by atoms with E-state index in [1.165, 1.54) is 0 Å². The van der Waals surface area contributed by atoms with Crippen LogP contribution >= 0.6 is 0 Å². The molecule has 1 amide bonds. The van der Waals surface area contributed by atoms with Crippen LogP contribution in [0.2, 0.25) is 0 Å². The maximum Gasteiger partial charge on any atom is 0.254 e. The Kier molecular flexibility index (Phi) is 3.19. The molecule has 0 fully saturated rings. The monoisotopic (exact) mass is 243 g/mol. The lowest BCUT2D eigenvalue weighted by atomic mass is 10.0. The minimum Gasteiger partial charge on any atom is -0.397 e. The molecule has 18 heavy (non-hydrogen) atoms. The fraction of sp³-hybridized carbons (Fsp3) is 0.286. The summed E-state index contributed by atoms with van der Waals surface area (Å²) in [6, 6.07) is 7.60. The molecule has 0 atom stereocenters. The van der Waals surface area contributed by atoms with Crippen LogP contribution in [0.15, 0.2) is 24.3 Å². The highest BCUT2D eigenvalue weighted by Crippen LogP contribution is 2.25. The number of aryl methyl sites for hydroxylation is 1. The first-order valence-corrected chi connectivity index (χ1v) is 5.96. The van der Waals surface area contributed by atoms with Gasteiger partial charge in [-0.15, -0.1) is 0 Å². The van der Waals surface area contributed by atoms with Gasteiger partial charge in [-0.05, 0) is 26.8 Å². The van der Waals surface area contributed by atoms with Gasteiger partial charge < -0.3 is 11.1 Å². The summed E-state index contributed by atoms with van der Waals surface area (Å²) in [4.78, 5) is 16.6. The van der Waals surface area contributed by atoms with Crippen LogP contribution in [-0.2, 0) is 0 Å². The molecule has 0 aliphatic heterocycles. The zero-order chi connectivity index (χ0) is 13.3. The van der Waals surface area contributed by atoms with E-state index >= 15 is 0 Å². The molecule has 94 valence electrons. The number of hydrogen-bond acceptors (Lipinski definition) is 3. The minimum absolute atomic E-state index is 0.0733. The number of pyridine rings is 1. The van der Waals surface area contributed by atoms with Crippen molar-refractivity contribution in [3.63, 3.8) is 0 Å². The Bertz CT molecular complexity index is 605. The van der Waals surface area contributed by atoms with Gasteiger partial charge in [-0.2, -0.15) is 0 Å². The average molecular weight is 243 g/mol. The number of nitrogens with zero attached hydrogens (tertiary/aromatic N) is 1. The largest absolute Gasteiger partial charge is 0.397 e. The van der Waals surface area contributed by atoms with Crippen molar-refractivity contribution in [1.29, 1.82) is 0 Å². The maximum absolute atomic E-state index is 12.2. The lowest BCUT2D eigenvalue weighted by Gasteiger charge is -2.14. The summed E-state index contributed by atoms with van der Waals surface area (Å²) in [5.41, 5.74) is 8.45. The van der Waals surface area contributed by atoms with E-state index in [1.54, 1.807) is 0 Å². The van der Waals surface area contributed by atoms with Gasteiger partial charge in [-0.3, -0.25) is 9.78 Å². The van der Waals surface area contributed by atoms with E-state index in [2.05, 4.69) is 10.3 Å². The second-order valence-electron chi connectivity index (χ2n) is 4.63. The zero-order valence-corrected chi connectivity index (χ0v) is 10.8. The van der Waals surface area contributed by atoms with Crippen LogP contribution in [0.1, 0.15) is 29.9 Å². The molecule has 2 rings (SSSR count). The third-order valence-corrected chi connectivity index (χ3v) is 2.77. The number of benzene rings is 1. The Morgan fingerprint density at radius 2 is 2.00 bits per heavy atom. The molecule has 0 aliphatic carbocycles.